The van der Waals surface area contributed by atoms with Crippen LogP contribution in [0.4, 0.5) is 0 Å². The van der Waals surface area contributed by atoms with Crippen LogP contribution in [-0.2, 0) is 4.79 Å². The first-order valence-corrected chi connectivity index (χ1v) is 5.81. The summed E-state index contributed by atoms with van der Waals surface area (Å²) in [6, 6.07) is 0.0214. The van der Waals surface area contributed by atoms with Gasteiger partial charge in [-0.25, -0.2) is 0 Å². The summed E-state index contributed by atoms with van der Waals surface area (Å²) >= 11 is 0. The van der Waals surface area contributed by atoms with Gasteiger partial charge in [0.25, 0.3) is 0 Å². The fraction of sp³-hybridized carbons (Fsp3) is 0.909. The van der Waals surface area contributed by atoms with Crippen LogP contribution in [0.15, 0.2) is 0 Å². The molecule has 1 aliphatic rings. The van der Waals surface area contributed by atoms with Gasteiger partial charge in [-0.15, -0.1) is 0 Å². The highest BCUT2D eigenvalue weighted by molar-refractivity contribution is 5.73. The Labute approximate surface area is 91.4 Å². The number of piperidine rings is 1. The molecule has 1 heterocycles. The van der Waals surface area contributed by atoms with E-state index in [0.717, 1.165) is 19.5 Å². The molecule has 3 N–H and O–H groups in total. The van der Waals surface area contributed by atoms with Crippen molar-refractivity contribution in [1.82, 2.24) is 10.6 Å². The van der Waals surface area contributed by atoms with Crippen LogP contribution in [0, 0.1) is 5.92 Å². The van der Waals surface area contributed by atoms with Crippen molar-refractivity contribution >= 4 is 5.97 Å². The molecule has 2 unspecified atom stereocenters. The summed E-state index contributed by atoms with van der Waals surface area (Å²) in [5.41, 5.74) is 0. The summed E-state index contributed by atoms with van der Waals surface area (Å²) < 4.78 is 0. The minimum Gasteiger partial charge on any atom is -0.480 e. The highest BCUT2D eigenvalue weighted by Gasteiger charge is 2.22. The summed E-state index contributed by atoms with van der Waals surface area (Å²) in [6.45, 7) is 5.68. The molecule has 0 aliphatic carbocycles. The van der Waals surface area contributed by atoms with Gasteiger partial charge in [0.15, 0.2) is 0 Å². The summed E-state index contributed by atoms with van der Waals surface area (Å²) in [7, 11) is 0. The molecule has 0 bridgehead atoms. The zero-order valence-corrected chi connectivity index (χ0v) is 9.62. The van der Waals surface area contributed by atoms with Gasteiger partial charge in [-0.1, -0.05) is 20.3 Å². The van der Waals surface area contributed by atoms with Crippen LogP contribution in [-0.4, -0.2) is 36.2 Å². The third kappa shape index (κ3) is 4.18. The second-order valence-corrected chi connectivity index (χ2v) is 4.62. The van der Waals surface area contributed by atoms with E-state index in [1.165, 1.54) is 12.8 Å². The van der Waals surface area contributed by atoms with Gasteiger partial charge in [0.1, 0.15) is 6.04 Å². The molecule has 0 radical (unpaired) electrons. The SMILES string of the molecule is CC(C)C(NCC1CCCCN1)C(=O)O. The lowest BCUT2D eigenvalue weighted by Gasteiger charge is -2.26. The van der Waals surface area contributed by atoms with Gasteiger partial charge in [0.2, 0.25) is 0 Å². The third-order valence-corrected chi connectivity index (χ3v) is 2.93. The van der Waals surface area contributed by atoms with Crippen molar-refractivity contribution in [3.05, 3.63) is 0 Å². The van der Waals surface area contributed by atoms with Gasteiger partial charge in [-0.2, -0.15) is 0 Å². The first kappa shape index (κ1) is 12.5. The lowest BCUT2D eigenvalue weighted by molar-refractivity contribution is -0.140. The van der Waals surface area contributed by atoms with Crippen molar-refractivity contribution in [2.24, 2.45) is 5.92 Å². The van der Waals surface area contributed by atoms with E-state index in [-0.39, 0.29) is 5.92 Å². The molecule has 0 amide bonds. The van der Waals surface area contributed by atoms with Crippen LogP contribution in [0.25, 0.3) is 0 Å². The van der Waals surface area contributed by atoms with Crippen molar-refractivity contribution < 1.29 is 9.90 Å². The maximum absolute atomic E-state index is 10.9. The zero-order chi connectivity index (χ0) is 11.3. The van der Waals surface area contributed by atoms with Crippen LogP contribution >= 0.6 is 0 Å². The number of carbonyl (C=O) groups is 1. The Bertz CT molecular complexity index is 201. The Kier molecular flexibility index (Phi) is 5.05. The van der Waals surface area contributed by atoms with Crippen molar-refractivity contribution in [2.75, 3.05) is 13.1 Å². The number of hydrogen-bond acceptors (Lipinski definition) is 3. The van der Waals surface area contributed by atoms with Gasteiger partial charge >= 0.3 is 5.97 Å². The molecular formula is C11H22N2O2. The van der Waals surface area contributed by atoms with Crippen LogP contribution in [0.3, 0.4) is 0 Å². The fourth-order valence-corrected chi connectivity index (χ4v) is 1.98. The number of hydrogen-bond donors (Lipinski definition) is 3. The zero-order valence-electron chi connectivity index (χ0n) is 9.62. The molecular weight excluding hydrogens is 192 g/mol. The second kappa shape index (κ2) is 6.08. The molecule has 1 saturated heterocycles. The van der Waals surface area contributed by atoms with Crippen molar-refractivity contribution in [3.8, 4) is 0 Å². The van der Waals surface area contributed by atoms with E-state index in [1.807, 2.05) is 13.8 Å². The Balaban J connectivity index is 2.29. The van der Waals surface area contributed by atoms with Crippen molar-refractivity contribution in [1.29, 1.82) is 0 Å². The molecule has 4 nitrogen and oxygen atoms in total. The topological polar surface area (TPSA) is 61.4 Å². The molecule has 4 heteroatoms. The molecule has 0 spiro atoms. The monoisotopic (exact) mass is 214 g/mol. The van der Waals surface area contributed by atoms with Crippen LogP contribution in [0.5, 0.6) is 0 Å². The van der Waals surface area contributed by atoms with E-state index >= 15 is 0 Å². The maximum Gasteiger partial charge on any atom is 0.320 e. The third-order valence-electron chi connectivity index (χ3n) is 2.93. The predicted octanol–water partition coefficient (Wildman–Crippen LogP) is 0.827. The Morgan fingerprint density at radius 2 is 2.27 bits per heavy atom. The van der Waals surface area contributed by atoms with Crippen molar-refractivity contribution in [2.45, 2.75) is 45.2 Å². The minimum atomic E-state index is -0.749. The van der Waals surface area contributed by atoms with Gasteiger partial charge < -0.3 is 15.7 Å². The van der Waals surface area contributed by atoms with Gasteiger partial charge in [-0.05, 0) is 25.3 Å². The van der Waals surface area contributed by atoms with Gasteiger partial charge in [-0.3, -0.25) is 4.79 Å². The summed E-state index contributed by atoms with van der Waals surface area (Å²) in [5.74, 6) is -0.619. The second-order valence-electron chi connectivity index (χ2n) is 4.62. The number of carboxylic acid groups (broad SMARTS) is 1. The number of aliphatic carboxylic acids is 1. The number of carboxylic acids is 1. The van der Waals surface area contributed by atoms with E-state index in [4.69, 9.17) is 5.11 Å². The highest BCUT2D eigenvalue weighted by Crippen LogP contribution is 2.07. The van der Waals surface area contributed by atoms with Crippen molar-refractivity contribution in [3.63, 3.8) is 0 Å². The maximum atomic E-state index is 10.9. The molecule has 1 fully saturated rings. The normalized spacial score (nSPS) is 24.1. The average Bonchev–Trinajstić information content (AvgIpc) is 2.18. The summed E-state index contributed by atoms with van der Waals surface area (Å²) in [5, 5.41) is 15.5. The fourth-order valence-electron chi connectivity index (χ4n) is 1.98. The lowest BCUT2D eigenvalue weighted by atomic mass is 10.0. The van der Waals surface area contributed by atoms with Crippen LogP contribution in [0.1, 0.15) is 33.1 Å². The van der Waals surface area contributed by atoms with E-state index in [2.05, 4.69) is 10.6 Å². The molecule has 15 heavy (non-hydrogen) atoms. The molecule has 1 aliphatic heterocycles. The van der Waals surface area contributed by atoms with Crippen LogP contribution in [0.2, 0.25) is 0 Å². The van der Waals surface area contributed by atoms with E-state index in [9.17, 15) is 4.79 Å². The largest absolute Gasteiger partial charge is 0.480 e. The standard InChI is InChI=1S/C11H22N2O2/c1-8(2)10(11(14)15)13-7-9-5-3-4-6-12-9/h8-10,12-13H,3-7H2,1-2H3,(H,14,15). The summed E-state index contributed by atoms with van der Waals surface area (Å²) in [6.07, 6.45) is 3.64. The lowest BCUT2D eigenvalue weighted by Crippen LogP contribution is -2.48. The highest BCUT2D eigenvalue weighted by atomic mass is 16.4. The van der Waals surface area contributed by atoms with E-state index in [0.29, 0.717) is 6.04 Å². The van der Waals surface area contributed by atoms with Gasteiger partial charge in [0.05, 0.1) is 0 Å². The molecule has 0 aromatic carbocycles. The minimum absolute atomic E-state index is 0.131. The average molecular weight is 214 g/mol. The first-order chi connectivity index (χ1) is 7.11. The predicted molar refractivity (Wildman–Crippen MR) is 59.9 cm³/mol. The van der Waals surface area contributed by atoms with Crippen LogP contribution < -0.4 is 10.6 Å². The quantitative estimate of drug-likeness (QED) is 0.634. The Hall–Kier alpha value is -0.610. The van der Waals surface area contributed by atoms with E-state index < -0.39 is 12.0 Å². The Morgan fingerprint density at radius 1 is 1.53 bits per heavy atom. The number of rotatable bonds is 5. The smallest absolute Gasteiger partial charge is 0.320 e. The molecule has 1 rings (SSSR count). The molecule has 0 aromatic rings. The van der Waals surface area contributed by atoms with E-state index in [1.54, 1.807) is 0 Å². The first-order valence-electron chi connectivity index (χ1n) is 5.81. The summed E-state index contributed by atoms with van der Waals surface area (Å²) in [4.78, 5) is 10.9. The Morgan fingerprint density at radius 3 is 2.73 bits per heavy atom. The number of nitrogens with one attached hydrogen (secondary N) is 2. The molecule has 88 valence electrons. The molecule has 2 atom stereocenters. The molecule has 0 saturated carbocycles. The molecule has 0 aromatic heterocycles. The van der Waals surface area contributed by atoms with Gasteiger partial charge in [0, 0.05) is 12.6 Å².